The second kappa shape index (κ2) is 4.39. The predicted molar refractivity (Wildman–Crippen MR) is 52.8 cm³/mol. The van der Waals surface area contributed by atoms with Crippen molar-refractivity contribution in [1.29, 1.82) is 0 Å². The van der Waals surface area contributed by atoms with Crippen molar-refractivity contribution in [3.63, 3.8) is 0 Å². The van der Waals surface area contributed by atoms with Crippen LogP contribution in [-0.2, 0) is 10.0 Å². The van der Waals surface area contributed by atoms with Crippen LogP contribution in [0.3, 0.4) is 0 Å². The van der Waals surface area contributed by atoms with Crippen molar-refractivity contribution in [3.8, 4) is 0 Å². The van der Waals surface area contributed by atoms with Crippen LogP contribution < -0.4 is 5.14 Å². The molecule has 1 saturated heterocycles. The highest BCUT2D eigenvalue weighted by Crippen LogP contribution is 2.16. The number of sulfonamides is 1. The van der Waals surface area contributed by atoms with Crippen LogP contribution in [0.15, 0.2) is 0 Å². The molecule has 0 bridgehead atoms. The van der Waals surface area contributed by atoms with Crippen molar-refractivity contribution in [2.24, 2.45) is 11.1 Å². The number of hydrogen-bond donors (Lipinski definition) is 1. The molecule has 0 amide bonds. The fraction of sp³-hybridized carbons (Fsp3) is 1.00. The van der Waals surface area contributed by atoms with Crippen molar-refractivity contribution < 1.29 is 8.42 Å². The van der Waals surface area contributed by atoms with E-state index in [9.17, 15) is 8.42 Å². The summed E-state index contributed by atoms with van der Waals surface area (Å²) in [5.41, 5.74) is 0. The van der Waals surface area contributed by atoms with E-state index in [2.05, 4.69) is 11.8 Å². The summed E-state index contributed by atoms with van der Waals surface area (Å²) in [6, 6.07) is 0. The van der Waals surface area contributed by atoms with Crippen LogP contribution in [0.25, 0.3) is 0 Å². The topological polar surface area (TPSA) is 63.4 Å². The highest BCUT2D eigenvalue weighted by atomic mass is 32.2. The van der Waals surface area contributed by atoms with E-state index in [-0.39, 0.29) is 11.7 Å². The average molecular weight is 206 g/mol. The zero-order valence-corrected chi connectivity index (χ0v) is 8.89. The van der Waals surface area contributed by atoms with Crippen molar-refractivity contribution in [3.05, 3.63) is 0 Å². The number of hydrogen-bond acceptors (Lipinski definition) is 3. The summed E-state index contributed by atoms with van der Waals surface area (Å²) < 4.78 is 21.7. The second-order valence-corrected chi connectivity index (χ2v) is 5.39. The number of rotatable bonds is 3. The molecule has 1 heterocycles. The summed E-state index contributed by atoms with van der Waals surface area (Å²) in [6.07, 6.45) is 2.08. The van der Waals surface area contributed by atoms with E-state index in [4.69, 9.17) is 5.14 Å². The van der Waals surface area contributed by atoms with E-state index in [1.54, 1.807) is 0 Å². The van der Waals surface area contributed by atoms with Crippen LogP contribution in [0.1, 0.15) is 19.8 Å². The lowest BCUT2D eigenvalue weighted by Gasteiger charge is -2.31. The van der Waals surface area contributed by atoms with E-state index < -0.39 is 10.0 Å². The molecule has 0 spiro atoms. The monoisotopic (exact) mass is 206 g/mol. The molecule has 1 aliphatic rings. The minimum Gasteiger partial charge on any atom is -0.303 e. The maximum Gasteiger partial charge on any atom is 0.209 e. The lowest BCUT2D eigenvalue weighted by Crippen LogP contribution is -2.39. The Bertz CT molecular complexity index is 251. The van der Waals surface area contributed by atoms with Crippen LogP contribution in [0.5, 0.6) is 0 Å². The summed E-state index contributed by atoms with van der Waals surface area (Å²) in [6.45, 7) is 5.07. The van der Waals surface area contributed by atoms with Crippen molar-refractivity contribution >= 4 is 10.0 Å². The van der Waals surface area contributed by atoms with Gasteiger partial charge in [0.15, 0.2) is 0 Å². The minimum absolute atomic E-state index is 0.142. The van der Waals surface area contributed by atoms with Gasteiger partial charge in [-0.1, -0.05) is 6.92 Å². The molecular formula is C8H18N2O2S. The molecule has 0 aromatic carbocycles. The summed E-state index contributed by atoms with van der Waals surface area (Å²) >= 11 is 0. The Morgan fingerprint density at radius 2 is 2.23 bits per heavy atom. The molecule has 0 aliphatic carbocycles. The summed E-state index contributed by atoms with van der Waals surface area (Å²) in [5.74, 6) is 0.382. The molecular weight excluding hydrogens is 188 g/mol. The SMILES string of the molecule is CCN1CCCC(CS(N)(=O)=O)C1. The van der Waals surface area contributed by atoms with E-state index in [0.717, 1.165) is 32.5 Å². The Labute approximate surface area is 80.1 Å². The molecule has 78 valence electrons. The summed E-state index contributed by atoms with van der Waals surface area (Å²) in [5, 5.41) is 5.01. The molecule has 1 rings (SSSR count). The van der Waals surface area contributed by atoms with Gasteiger partial charge in [0.1, 0.15) is 0 Å². The Morgan fingerprint density at radius 3 is 2.77 bits per heavy atom. The molecule has 5 heteroatoms. The van der Waals surface area contributed by atoms with Gasteiger partial charge in [0.25, 0.3) is 0 Å². The van der Waals surface area contributed by atoms with Gasteiger partial charge in [-0.25, -0.2) is 13.6 Å². The first-order valence-corrected chi connectivity index (χ1v) is 6.45. The fourth-order valence-corrected chi connectivity index (χ4v) is 2.83. The summed E-state index contributed by atoms with van der Waals surface area (Å²) in [7, 11) is -3.28. The van der Waals surface area contributed by atoms with Crippen LogP contribution in [0.2, 0.25) is 0 Å². The second-order valence-electron chi connectivity index (χ2n) is 3.73. The van der Waals surface area contributed by atoms with E-state index in [0.29, 0.717) is 0 Å². The quantitative estimate of drug-likeness (QED) is 0.707. The van der Waals surface area contributed by atoms with Gasteiger partial charge >= 0.3 is 0 Å². The van der Waals surface area contributed by atoms with Crippen LogP contribution in [-0.4, -0.2) is 38.7 Å². The van der Waals surface area contributed by atoms with Gasteiger partial charge in [0.05, 0.1) is 5.75 Å². The van der Waals surface area contributed by atoms with Crippen molar-refractivity contribution in [1.82, 2.24) is 4.90 Å². The third-order valence-corrected chi connectivity index (χ3v) is 3.45. The Morgan fingerprint density at radius 1 is 1.54 bits per heavy atom. The number of nitrogens with two attached hydrogens (primary N) is 1. The normalized spacial score (nSPS) is 26.2. The molecule has 1 aliphatic heterocycles. The van der Waals surface area contributed by atoms with E-state index in [1.165, 1.54) is 0 Å². The molecule has 1 atom stereocenters. The van der Waals surface area contributed by atoms with Gasteiger partial charge in [0.2, 0.25) is 10.0 Å². The third kappa shape index (κ3) is 4.06. The van der Waals surface area contributed by atoms with E-state index in [1.807, 2.05) is 0 Å². The molecule has 1 unspecified atom stereocenters. The summed E-state index contributed by atoms with van der Waals surface area (Å²) in [4.78, 5) is 2.28. The van der Waals surface area contributed by atoms with Gasteiger partial charge in [-0.2, -0.15) is 0 Å². The van der Waals surface area contributed by atoms with Crippen LogP contribution in [0.4, 0.5) is 0 Å². The van der Waals surface area contributed by atoms with Gasteiger partial charge < -0.3 is 4.90 Å². The lowest BCUT2D eigenvalue weighted by atomic mass is 10.0. The Hall–Kier alpha value is -0.130. The third-order valence-electron chi connectivity index (χ3n) is 2.52. The van der Waals surface area contributed by atoms with Gasteiger partial charge in [-0.3, -0.25) is 0 Å². The van der Waals surface area contributed by atoms with Crippen molar-refractivity contribution in [2.45, 2.75) is 19.8 Å². The molecule has 0 radical (unpaired) electrons. The van der Waals surface area contributed by atoms with E-state index >= 15 is 0 Å². The first kappa shape index (κ1) is 10.9. The largest absolute Gasteiger partial charge is 0.303 e. The highest BCUT2D eigenvalue weighted by Gasteiger charge is 2.22. The number of likely N-dealkylation sites (tertiary alicyclic amines) is 1. The molecule has 1 fully saturated rings. The smallest absolute Gasteiger partial charge is 0.209 e. The highest BCUT2D eigenvalue weighted by molar-refractivity contribution is 7.89. The Kier molecular flexibility index (Phi) is 3.70. The molecule has 2 N–H and O–H groups in total. The Balaban J connectivity index is 2.43. The van der Waals surface area contributed by atoms with Crippen LogP contribution >= 0.6 is 0 Å². The van der Waals surface area contributed by atoms with Gasteiger partial charge in [0, 0.05) is 6.54 Å². The molecule has 0 aromatic heterocycles. The fourth-order valence-electron chi connectivity index (χ4n) is 1.90. The molecule has 0 saturated carbocycles. The number of nitrogens with zero attached hydrogens (tertiary/aromatic N) is 1. The molecule has 13 heavy (non-hydrogen) atoms. The number of piperidine rings is 1. The maximum atomic E-state index is 10.9. The first-order valence-electron chi connectivity index (χ1n) is 4.74. The maximum absolute atomic E-state index is 10.9. The lowest BCUT2D eigenvalue weighted by molar-refractivity contribution is 0.194. The molecule has 4 nitrogen and oxygen atoms in total. The van der Waals surface area contributed by atoms with Crippen molar-refractivity contribution in [2.75, 3.05) is 25.4 Å². The van der Waals surface area contributed by atoms with Gasteiger partial charge in [-0.05, 0) is 31.8 Å². The number of primary sulfonamides is 1. The van der Waals surface area contributed by atoms with Gasteiger partial charge in [-0.15, -0.1) is 0 Å². The zero-order valence-electron chi connectivity index (χ0n) is 8.07. The van der Waals surface area contributed by atoms with Crippen LogP contribution in [0, 0.1) is 5.92 Å². The first-order chi connectivity index (χ1) is 6.01. The average Bonchev–Trinajstić information content (AvgIpc) is 2.01. The standard InChI is InChI=1S/C8H18N2O2S/c1-2-10-5-3-4-8(6-10)7-13(9,11)12/h8H,2-7H2,1H3,(H2,9,11,12). The predicted octanol–water partition coefficient (Wildman–Crippen LogP) is 0.00680. The minimum atomic E-state index is -3.28. The zero-order chi connectivity index (χ0) is 9.90. The molecule has 0 aromatic rings.